The summed E-state index contributed by atoms with van der Waals surface area (Å²) in [6, 6.07) is 5.60. The molecule has 0 spiro atoms. The molecule has 0 saturated carbocycles. The summed E-state index contributed by atoms with van der Waals surface area (Å²) < 4.78 is 6.65. The second-order valence-corrected chi connectivity index (χ2v) is 7.38. The van der Waals surface area contributed by atoms with Crippen LogP contribution in [0.15, 0.2) is 18.2 Å². The van der Waals surface area contributed by atoms with Crippen LogP contribution in [0.1, 0.15) is 19.8 Å². The zero-order chi connectivity index (χ0) is 16.5. The van der Waals surface area contributed by atoms with Gasteiger partial charge in [0.2, 0.25) is 5.91 Å². The van der Waals surface area contributed by atoms with Crippen molar-refractivity contribution in [2.75, 3.05) is 36.5 Å². The quantitative estimate of drug-likeness (QED) is 0.801. The summed E-state index contributed by atoms with van der Waals surface area (Å²) in [6.45, 7) is 5.46. The highest BCUT2D eigenvalue weighted by Gasteiger charge is 2.28. The number of fused-ring (bicyclic) bond motifs is 1. The normalized spacial score (nSPS) is 22.6. The number of ether oxygens (including phenoxy) is 1. The third-order valence-electron chi connectivity index (χ3n) is 4.62. The maximum Gasteiger partial charge on any atom is 0.244 e. The van der Waals surface area contributed by atoms with Gasteiger partial charge in [0.1, 0.15) is 6.04 Å². The van der Waals surface area contributed by atoms with Gasteiger partial charge in [-0.1, -0.05) is 11.3 Å². The first-order valence-corrected chi connectivity index (χ1v) is 9.34. The summed E-state index contributed by atoms with van der Waals surface area (Å²) in [5.74, 6) is -0.0502. The van der Waals surface area contributed by atoms with Crippen LogP contribution >= 0.6 is 36.2 Å². The third kappa shape index (κ3) is 4.40. The van der Waals surface area contributed by atoms with E-state index >= 15 is 0 Å². The van der Waals surface area contributed by atoms with Crippen molar-refractivity contribution in [3.05, 3.63) is 18.2 Å². The molecular formula is C17H24Cl2N4O2S. The van der Waals surface area contributed by atoms with Crippen LogP contribution in [-0.2, 0) is 9.53 Å². The molecule has 3 heterocycles. The molecule has 6 nitrogen and oxygen atoms in total. The zero-order valence-electron chi connectivity index (χ0n) is 14.6. The Hall–Kier alpha value is -1.12. The predicted molar refractivity (Wildman–Crippen MR) is 111 cm³/mol. The molecule has 2 saturated heterocycles. The van der Waals surface area contributed by atoms with Crippen LogP contribution in [0.5, 0.6) is 0 Å². The molecule has 2 aromatic rings. The van der Waals surface area contributed by atoms with E-state index in [1.54, 1.807) is 11.3 Å². The van der Waals surface area contributed by atoms with Crippen LogP contribution in [0, 0.1) is 0 Å². The molecule has 1 aromatic heterocycles. The highest BCUT2D eigenvalue weighted by Crippen LogP contribution is 2.32. The number of halogens is 2. The smallest absolute Gasteiger partial charge is 0.244 e. The number of thiazole rings is 1. The second kappa shape index (κ2) is 9.19. The van der Waals surface area contributed by atoms with E-state index in [2.05, 4.69) is 15.5 Å². The minimum atomic E-state index is -0.309. The van der Waals surface area contributed by atoms with E-state index in [1.165, 1.54) is 12.8 Å². The number of nitrogens with one attached hydrogen (secondary N) is 2. The number of aromatic nitrogens is 1. The van der Waals surface area contributed by atoms with Crippen molar-refractivity contribution in [1.29, 1.82) is 0 Å². The fourth-order valence-corrected chi connectivity index (χ4v) is 4.34. The zero-order valence-corrected chi connectivity index (χ0v) is 17.0. The summed E-state index contributed by atoms with van der Waals surface area (Å²) >= 11 is 1.70. The van der Waals surface area contributed by atoms with Crippen molar-refractivity contribution >= 4 is 63.1 Å². The lowest BCUT2D eigenvalue weighted by Crippen LogP contribution is -2.53. The van der Waals surface area contributed by atoms with Crippen LogP contribution in [0.25, 0.3) is 10.2 Å². The molecule has 0 radical (unpaired) electrons. The number of morpholine rings is 1. The summed E-state index contributed by atoms with van der Waals surface area (Å²) in [5, 5.41) is 7.30. The number of benzene rings is 1. The maximum atomic E-state index is 12.5. The van der Waals surface area contributed by atoms with Crippen molar-refractivity contribution in [3.8, 4) is 0 Å². The van der Waals surface area contributed by atoms with E-state index in [4.69, 9.17) is 9.72 Å². The maximum absolute atomic E-state index is 12.5. The monoisotopic (exact) mass is 418 g/mol. The molecule has 4 rings (SSSR count). The predicted octanol–water partition coefficient (Wildman–Crippen LogP) is 3.06. The minimum absolute atomic E-state index is 0. The van der Waals surface area contributed by atoms with E-state index < -0.39 is 0 Å². The van der Waals surface area contributed by atoms with Gasteiger partial charge in [0.15, 0.2) is 5.13 Å². The van der Waals surface area contributed by atoms with E-state index in [9.17, 15) is 4.79 Å². The summed E-state index contributed by atoms with van der Waals surface area (Å²) in [7, 11) is 0. The lowest BCUT2D eigenvalue weighted by Gasteiger charge is -2.29. The molecule has 2 aliphatic rings. The number of hydrogen-bond donors (Lipinski definition) is 2. The van der Waals surface area contributed by atoms with Crippen LogP contribution in [0.3, 0.4) is 0 Å². The molecule has 26 heavy (non-hydrogen) atoms. The molecule has 2 aliphatic heterocycles. The Morgan fingerprint density at radius 3 is 2.85 bits per heavy atom. The molecule has 0 aliphatic carbocycles. The van der Waals surface area contributed by atoms with Crippen molar-refractivity contribution in [2.45, 2.75) is 31.9 Å². The number of carbonyl (C=O) groups is 1. The van der Waals surface area contributed by atoms with Crippen molar-refractivity contribution in [1.82, 2.24) is 10.3 Å². The molecule has 2 atom stereocenters. The number of amides is 1. The Balaban J connectivity index is 0.00000121. The lowest BCUT2D eigenvalue weighted by molar-refractivity contribution is -0.123. The van der Waals surface area contributed by atoms with Crippen LogP contribution in [0.4, 0.5) is 10.8 Å². The van der Waals surface area contributed by atoms with Crippen LogP contribution in [-0.4, -0.2) is 49.3 Å². The Morgan fingerprint density at radius 1 is 1.35 bits per heavy atom. The standard InChI is InChI=1S/C17H22N4O2S.2ClH/c1-11-15(18-6-9-23-11)16(22)19-12-4-5-13-14(10-12)24-17(20-13)21-7-2-3-8-21;;/h4-5,10-11,15,18H,2-3,6-9H2,1H3,(H,19,22);2*1H/t11-,15+;;/m1../s1. The highest BCUT2D eigenvalue weighted by molar-refractivity contribution is 7.22. The Kier molecular flexibility index (Phi) is 7.49. The number of rotatable bonds is 3. The summed E-state index contributed by atoms with van der Waals surface area (Å²) in [6.07, 6.45) is 2.37. The van der Waals surface area contributed by atoms with Gasteiger partial charge in [-0.25, -0.2) is 4.98 Å². The Morgan fingerprint density at radius 2 is 2.12 bits per heavy atom. The highest BCUT2D eigenvalue weighted by atomic mass is 35.5. The van der Waals surface area contributed by atoms with Crippen LogP contribution in [0.2, 0.25) is 0 Å². The third-order valence-corrected chi connectivity index (χ3v) is 5.70. The van der Waals surface area contributed by atoms with Gasteiger partial charge in [-0.3, -0.25) is 4.79 Å². The Bertz CT molecular complexity index is 751. The average Bonchev–Trinajstić information content (AvgIpc) is 3.24. The molecule has 2 N–H and O–H groups in total. The van der Waals surface area contributed by atoms with Gasteiger partial charge in [0.25, 0.3) is 0 Å². The van der Waals surface area contributed by atoms with Crippen molar-refractivity contribution < 1.29 is 9.53 Å². The van der Waals surface area contributed by atoms with Gasteiger partial charge in [-0.15, -0.1) is 24.8 Å². The van der Waals surface area contributed by atoms with Gasteiger partial charge in [0, 0.05) is 25.3 Å². The molecule has 9 heteroatoms. The van der Waals surface area contributed by atoms with E-state index in [1.807, 2.05) is 25.1 Å². The summed E-state index contributed by atoms with van der Waals surface area (Å²) in [4.78, 5) is 19.5. The molecule has 1 amide bonds. The molecule has 0 bridgehead atoms. The van der Waals surface area contributed by atoms with E-state index in [-0.39, 0.29) is 42.9 Å². The average molecular weight is 419 g/mol. The lowest BCUT2D eigenvalue weighted by atomic mass is 10.1. The van der Waals surface area contributed by atoms with Gasteiger partial charge < -0.3 is 20.3 Å². The minimum Gasteiger partial charge on any atom is -0.375 e. The Labute approximate surface area is 169 Å². The first-order valence-electron chi connectivity index (χ1n) is 8.52. The topological polar surface area (TPSA) is 66.5 Å². The fourth-order valence-electron chi connectivity index (χ4n) is 3.28. The van der Waals surface area contributed by atoms with Crippen LogP contribution < -0.4 is 15.5 Å². The number of anilines is 2. The summed E-state index contributed by atoms with van der Waals surface area (Å²) in [5.41, 5.74) is 1.80. The molecule has 1 aromatic carbocycles. The van der Waals surface area contributed by atoms with Gasteiger partial charge >= 0.3 is 0 Å². The number of carbonyl (C=O) groups excluding carboxylic acids is 1. The second-order valence-electron chi connectivity index (χ2n) is 6.37. The van der Waals surface area contributed by atoms with Gasteiger partial charge in [0.05, 0.1) is 22.9 Å². The fraction of sp³-hybridized carbons (Fsp3) is 0.529. The SMILES string of the molecule is C[C@H]1OCCN[C@@H]1C(=O)Nc1ccc2nc(N3CCCC3)sc2c1.Cl.Cl. The molecule has 0 unspecified atom stereocenters. The first kappa shape index (κ1) is 21.2. The largest absolute Gasteiger partial charge is 0.375 e. The van der Waals surface area contributed by atoms with Gasteiger partial charge in [-0.2, -0.15) is 0 Å². The molecule has 144 valence electrons. The van der Waals surface area contributed by atoms with Crippen molar-refractivity contribution in [3.63, 3.8) is 0 Å². The number of nitrogens with zero attached hydrogens (tertiary/aromatic N) is 2. The molecular weight excluding hydrogens is 395 g/mol. The molecule has 2 fully saturated rings. The number of hydrogen-bond acceptors (Lipinski definition) is 6. The van der Waals surface area contributed by atoms with Gasteiger partial charge in [-0.05, 0) is 38.0 Å². The van der Waals surface area contributed by atoms with E-state index in [0.29, 0.717) is 13.2 Å². The first-order chi connectivity index (χ1) is 11.7. The van der Waals surface area contributed by atoms with E-state index in [0.717, 1.165) is 34.1 Å². The van der Waals surface area contributed by atoms with Crippen molar-refractivity contribution in [2.24, 2.45) is 0 Å².